The molecule has 0 aliphatic carbocycles. The van der Waals surface area contributed by atoms with Crippen molar-refractivity contribution < 1.29 is 4.79 Å². The third kappa shape index (κ3) is 5.05. The molecule has 2 rings (SSSR count). The highest BCUT2D eigenvalue weighted by atomic mass is 35.5. The van der Waals surface area contributed by atoms with Gasteiger partial charge in [-0.2, -0.15) is 0 Å². The van der Waals surface area contributed by atoms with E-state index in [1.807, 2.05) is 18.2 Å². The highest BCUT2D eigenvalue weighted by molar-refractivity contribution is 6.18. The molecule has 1 N–H and O–H groups in total. The molecule has 0 bridgehead atoms. The van der Waals surface area contributed by atoms with E-state index in [-0.39, 0.29) is 5.91 Å². The molecule has 1 unspecified atom stereocenters. The number of amides is 1. The minimum Gasteiger partial charge on any atom is -0.356 e. The molecular formula is C18H22ClNO. The smallest absolute Gasteiger partial charge is 0.224 e. The van der Waals surface area contributed by atoms with Crippen molar-refractivity contribution in [1.82, 2.24) is 5.32 Å². The Bertz CT molecular complexity index is 597. The summed E-state index contributed by atoms with van der Waals surface area (Å²) in [5.74, 6) is 1.29. The summed E-state index contributed by atoms with van der Waals surface area (Å²) in [6.07, 6.45) is 2.48. The summed E-state index contributed by atoms with van der Waals surface area (Å²) in [4.78, 5) is 11.9. The SMILES string of the molecule is CC(CCl)CCCNC(=O)Cc1ccc2ccccc2c1. The molecule has 1 amide bonds. The van der Waals surface area contributed by atoms with Crippen LogP contribution in [-0.4, -0.2) is 18.3 Å². The van der Waals surface area contributed by atoms with Crippen LogP contribution in [-0.2, 0) is 11.2 Å². The predicted molar refractivity (Wildman–Crippen MR) is 89.8 cm³/mol. The van der Waals surface area contributed by atoms with Crippen molar-refractivity contribution in [3.05, 3.63) is 48.0 Å². The first-order valence-corrected chi connectivity index (χ1v) is 8.03. The van der Waals surface area contributed by atoms with Gasteiger partial charge in [0.15, 0.2) is 0 Å². The van der Waals surface area contributed by atoms with E-state index in [0.717, 1.165) is 24.9 Å². The number of carbonyl (C=O) groups is 1. The van der Waals surface area contributed by atoms with E-state index < -0.39 is 0 Å². The van der Waals surface area contributed by atoms with Gasteiger partial charge in [0, 0.05) is 12.4 Å². The monoisotopic (exact) mass is 303 g/mol. The average molecular weight is 304 g/mol. The van der Waals surface area contributed by atoms with Gasteiger partial charge in [0.1, 0.15) is 0 Å². The Balaban J connectivity index is 1.81. The second kappa shape index (κ2) is 8.04. The zero-order valence-corrected chi connectivity index (χ0v) is 13.2. The van der Waals surface area contributed by atoms with Gasteiger partial charge in [-0.05, 0) is 35.1 Å². The number of rotatable bonds is 7. The first-order valence-electron chi connectivity index (χ1n) is 7.49. The Morgan fingerprint density at radius 1 is 1.19 bits per heavy atom. The largest absolute Gasteiger partial charge is 0.356 e. The fourth-order valence-electron chi connectivity index (χ4n) is 2.35. The van der Waals surface area contributed by atoms with E-state index in [1.54, 1.807) is 0 Å². The molecule has 112 valence electrons. The number of hydrogen-bond donors (Lipinski definition) is 1. The molecule has 21 heavy (non-hydrogen) atoms. The minimum absolute atomic E-state index is 0.0869. The van der Waals surface area contributed by atoms with Crippen LogP contribution in [0.2, 0.25) is 0 Å². The van der Waals surface area contributed by atoms with Gasteiger partial charge in [0.2, 0.25) is 5.91 Å². The summed E-state index contributed by atoms with van der Waals surface area (Å²) in [5.41, 5.74) is 1.06. The van der Waals surface area contributed by atoms with Gasteiger partial charge in [-0.3, -0.25) is 4.79 Å². The second-order valence-corrected chi connectivity index (χ2v) is 5.92. The Kier molecular flexibility index (Phi) is 6.06. The topological polar surface area (TPSA) is 29.1 Å². The lowest BCUT2D eigenvalue weighted by Crippen LogP contribution is -2.26. The van der Waals surface area contributed by atoms with Crippen molar-refractivity contribution in [2.45, 2.75) is 26.2 Å². The van der Waals surface area contributed by atoms with Gasteiger partial charge in [-0.1, -0.05) is 49.4 Å². The van der Waals surface area contributed by atoms with E-state index in [1.165, 1.54) is 10.8 Å². The number of fused-ring (bicyclic) bond motifs is 1. The third-order valence-electron chi connectivity index (χ3n) is 3.64. The molecule has 0 aliphatic heterocycles. The Morgan fingerprint density at radius 3 is 2.71 bits per heavy atom. The first-order chi connectivity index (χ1) is 10.2. The first kappa shape index (κ1) is 15.8. The summed E-state index contributed by atoms with van der Waals surface area (Å²) < 4.78 is 0. The van der Waals surface area contributed by atoms with Crippen LogP contribution < -0.4 is 5.32 Å². The molecule has 1 atom stereocenters. The number of alkyl halides is 1. The maximum absolute atomic E-state index is 11.9. The average Bonchev–Trinajstić information content (AvgIpc) is 2.51. The van der Waals surface area contributed by atoms with E-state index in [9.17, 15) is 4.79 Å². The van der Waals surface area contributed by atoms with Gasteiger partial charge in [-0.25, -0.2) is 0 Å². The summed E-state index contributed by atoms with van der Waals surface area (Å²) >= 11 is 5.76. The van der Waals surface area contributed by atoms with Gasteiger partial charge >= 0.3 is 0 Å². The lowest BCUT2D eigenvalue weighted by Gasteiger charge is -2.08. The lowest BCUT2D eigenvalue weighted by molar-refractivity contribution is -0.120. The van der Waals surface area contributed by atoms with Crippen LogP contribution in [0.4, 0.5) is 0 Å². The zero-order valence-electron chi connectivity index (χ0n) is 12.4. The highest BCUT2D eigenvalue weighted by Crippen LogP contribution is 2.16. The fourth-order valence-corrected chi connectivity index (χ4v) is 2.51. The maximum Gasteiger partial charge on any atom is 0.224 e. The van der Waals surface area contributed by atoms with Crippen LogP contribution in [0.15, 0.2) is 42.5 Å². The van der Waals surface area contributed by atoms with Crippen LogP contribution >= 0.6 is 11.6 Å². The predicted octanol–water partition coefficient (Wildman–Crippen LogP) is 4.15. The molecule has 0 aromatic heterocycles. The van der Waals surface area contributed by atoms with Crippen molar-refractivity contribution in [1.29, 1.82) is 0 Å². The van der Waals surface area contributed by atoms with Crippen molar-refractivity contribution >= 4 is 28.3 Å². The number of carbonyl (C=O) groups excluding carboxylic acids is 1. The molecule has 0 saturated heterocycles. The lowest BCUT2D eigenvalue weighted by atomic mass is 10.0. The van der Waals surface area contributed by atoms with Gasteiger partial charge < -0.3 is 5.32 Å². The Labute approximate surface area is 131 Å². The number of halogens is 1. The molecule has 0 aliphatic rings. The molecule has 2 nitrogen and oxygen atoms in total. The molecular weight excluding hydrogens is 282 g/mol. The number of nitrogens with one attached hydrogen (secondary N) is 1. The molecule has 0 saturated carbocycles. The van der Waals surface area contributed by atoms with Crippen LogP contribution in [0.3, 0.4) is 0 Å². The van der Waals surface area contributed by atoms with Crippen LogP contribution in [0, 0.1) is 5.92 Å². The maximum atomic E-state index is 11.9. The molecule has 2 aromatic rings. The standard InChI is InChI=1S/C18H22ClNO/c1-14(13-19)5-4-10-20-18(21)12-15-8-9-16-6-2-3-7-17(16)11-15/h2-3,6-9,11,14H,4-5,10,12-13H2,1H3,(H,20,21). The highest BCUT2D eigenvalue weighted by Gasteiger charge is 2.05. The number of hydrogen-bond acceptors (Lipinski definition) is 1. The Hall–Kier alpha value is -1.54. The van der Waals surface area contributed by atoms with Gasteiger partial charge in [0.25, 0.3) is 0 Å². The summed E-state index contributed by atoms with van der Waals surface area (Å²) in [5, 5.41) is 5.36. The summed E-state index contributed by atoms with van der Waals surface area (Å²) in [7, 11) is 0. The third-order valence-corrected chi connectivity index (χ3v) is 4.16. The summed E-state index contributed by atoms with van der Waals surface area (Å²) in [6, 6.07) is 14.4. The van der Waals surface area contributed by atoms with Crippen molar-refractivity contribution in [2.24, 2.45) is 5.92 Å². The van der Waals surface area contributed by atoms with E-state index in [4.69, 9.17) is 11.6 Å². The van der Waals surface area contributed by atoms with E-state index in [0.29, 0.717) is 18.2 Å². The van der Waals surface area contributed by atoms with Crippen LogP contribution in [0.5, 0.6) is 0 Å². The van der Waals surface area contributed by atoms with Gasteiger partial charge in [0.05, 0.1) is 6.42 Å². The van der Waals surface area contributed by atoms with Crippen LogP contribution in [0.25, 0.3) is 10.8 Å². The molecule has 3 heteroatoms. The molecule has 0 radical (unpaired) electrons. The summed E-state index contributed by atoms with van der Waals surface area (Å²) in [6.45, 7) is 2.86. The van der Waals surface area contributed by atoms with Crippen molar-refractivity contribution in [3.63, 3.8) is 0 Å². The van der Waals surface area contributed by atoms with Gasteiger partial charge in [-0.15, -0.1) is 11.6 Å². The van der Waals surface area contributed by atoms with Crippen LogP contribution in [0.1, 0.15) is 25.3 Å². The number of benzene rings is 2. The fraction of sp³-hybridized carbons (Fsp3) is 0.389. The van der Waals surface area contributed by atoms with E-state index >= 15 is 0 Å². The molecule has 2 aromatic carbocycles. The van der Waals surface area contributed by atoms with Crippen molar-refractivity contribution in [3.8, 4) is 0 Å². The zero-order chi connectivity index (χ0) is 15.1. The second-order valence-electron chi connectivity index (χ2n) is 5.61. The Morgan fingerprint density at radius 2 is 1.95 bits per heavy atom. The molecule has 0 spiro atoms. The van der Waals surface area contributed by atoms with E-state index in [2.05, 4.69) is 36.5 Å². The minimum atomic E-state index is 0.0869. The normalized spacial score (nSPS) is 12.3. The molecule has 0 heterocycles. The molecule has 0 fully saturated rings. The quantitative estimate of drug-likeness (QED) is 0.604. The van der Waals surface area contributed by atoms with Crippen molar-refractivity contribution in [2.75, 3.05) is 12.4 Å².